The van der Waals surface area contributed by atoms with Gasteiger partial charge in [0.25, 0.3) is 0 Å². The van der Waals surface area contributed by atoms with Crippen LogP contribution in [0, 0.1) is 5.92 Å². The van der Waals surface area contributed by atoms with Crippen LogP contribution >= 0.6 is 23.4 Å². The molecule has 1 aliphatic heterocycles. The van der Waals surface area contributed by atoms with Crippen molar-refractivity contribution in [3.63, 3.8) is 0 Å². The summed E-state index contributed by atoms with van der Waals surface area (Å²) in [6.45, 7) is 6.09. The van der Waals surface area contributed by atoms with E-state index in [1.807, 2.05) is 29.2 Å². The van der Waals surface area contributed by atoms with Gasteiger partial charge in [0, 0.05) is 35.2 Å². The van der Waals surface area contributed by atoms with E-state index >= 15 is 0 Å². The quantitative estimate of drug-likeness (QED) is 0.769. The van der Waals surface area contributed by atoms with E-state index in [1.54, 1.807) is 11.8 Å². The summed E-state index contributed by atoms with van der Waals surface area (Å²) < 4.78 is 0. The Balaban J connectivity index is 1.64. The third kappa shape index (κ3) is 5.82. The van der Waals surface area contributed by atoms with Crippen LogP contribution in [0.25, 0.3) is 0 Å². The Labute approximate surface area is 142 Å². The van der Waals surface area contributed by atoms with Crippen molar-refractivity contribution in [3.05, 3.63) is 29.3 Å². The molecular weight excluding hydrogens is 316 g/mol. The van der Waals surface area contributed by atoms with Crippen molar-refractivity contribution < 1.29 is 4.79 Å². The van der Waals surface area contributed by atoms with Gasteiger partial charge in [-0.2, -0.15) is 0 Å². The van der Waals surface area contributed by atoms with Crippen LogP contribution in [0.3, 0.4) is 0 Å². The fourth-order valence-electron chi connectivity index (χ4n) is 2.68. The summed E-state index contributed by atoms with van der Waals surface area (Å²) in [7, 11) is 0. The summed E-state index contributed by atoms with van der Waals surface area (Å²) in [6, 6.07) is 7.79. The monoisotopic (exact) mass is 340 g/mol. The molecule has 1 amide bonds. The first kappa shape index (κ1) is 17.6. The van der Waals surface area contributed by atoms with Gasteiger partial charge in [-0.3, -0.25) is 4.79 Å². The number of halogens is 1. The van der Waals surface area contributed by atoms with Gasteiger partial charge >= 0.3 is 0 Å². The molecule has 1 heterocycles. The molecule has 1 aliphatic rings. The lowest BCUT2D eigenvalue weighted by atomic mass is 9.96. The van der Waals surface area contributed by atoms with E-state index in [1.165, 1.54) is 4.90 Å². The van der Waals surface area contributed by atoms with Crippen LogP contribution < -0.4 is 5.32 Å². The fraction of sp³-hybridized carbons (Fsp3) is 0.588. The maximum absolute atomic E-state index is 12.2. The predicted octanol–water partition coefficient (Wildman–Crippen LogP) is 3.67. The highest BCUT2D eigenvalue weighted by Crippen LogP contribution is 2.22. The molecule has 0 unspecified atom stereocenters. The number of hydrogen-bond donors (Lipinski definition) is 1. The van der Waals surface area contributed by atoms with Gasteiger partial charge in [0.15, 0.2) is 0 Å². The average Bonchev–Trinajstić information content (AvgIpc) is 2.55. The highest BCUT2D eigenvalue weighted by Gasteiger charge is 2.21. The molecule has 1 N–H and O–H groups in total. The van der Waals surface area contributed by atoms with Crippen molar-refractivity contribution in [3.8, 4) is 0 Å². The first-order valence-corrected chi connectivity index (χ1v) is 9.42. The summed E-state index contributed by atoms with van der Waals surface area (Å²) >= 11 is 7.58. The zero-order valence-electron chi connectivity index (χ0n) is 13.2. The van der Waals surface area contributed by atoms with Crippen LogP contribution in [0.4, 0.5) is 0 Å². The zero-order valence-corrected chi connectivity index (χ0v) is 14.8. The molecule has 0 bridgehead atoms. The number of nitrogens with one attached hydrogen (secondary N) is 1. The van der Waals surface area contributed by atoms with Gasteiger partial charge in [-0.15, -0.1) is 11.8 Å². The molecule has 122 valence electrons. The predicted molar refractivity (Wildman–Crippen MR) is 94.6 cm³/mol. The highest BCUT2D eigenvalue weighted by atomic mass is 35.5. The molecule has 0 spiro atoms. The summed E-state index contributed by atoms with van der Waals surface area (Å²) in [4.78, 5) is 15.4. The Morgan fingerprint density at radius 2 is 2.00 bits per heavy atom. The molecule has 0 atom stereocenters. The smallest absolute Gasteiger partial charge is 0.223 e. The van der Waals surface area contributed by atoms with Gasteiger partial charge < -0.3 is 10.2 Å². The normalized spacial score (nSPS) is 16.0. The molecule has 1 aromatic carbocycles. The van der Waals surface area contributed by atoms with E-state index < -0.39 is 0 Å². The Morgan fingerprint density at radius 1 is 1.32 bits per heavy atom. The molecule has 3 nitrogen and oxygen atoms in total. The van der Waals surface area contributed by atoms with E-state index in [-0.39, 0.29) is 0 Å². The van der Waals surface area contributed by atoms with E-state index in [0.29, 0.717) is 12.3 Å². The molecule has 22 heavy (non-hydrogen) atoms. The third-order valence-corrected chi connectivity index (χ3v) is 5.31. The SMILES string of the molecule is CCNCC1CCN(C(=O)CCSc2ccc(Cl)cc2)CC1. The Kier molecular flexibility index (Phi) is 7.56. The summed E-state index contributed by atoms with van der Waals surface area (Å²) in [5.41, 5.74) is 0. The summed E-state index contributed by atoms with van der Waals surface area (Å²) in [6.07, 6.45) is 2.87. The minimum Gasteiger partial charge on any atom is -0.343 e. The third-order valence-electron chi connectivity index (χ3n) is 4.05. The van der Waals surface area contributed by atoms with Gasteiger partial charge in [0.2, 0.25) is 5.91 Å². The number of carbonyl (C=O) groups is 1. The molecule has 1 fully saturated rings. The van der Waals surface area contributed by atoms with Gasteiger partial charge in [-0.25, -0.2) is 0 Å². The topological polar surface area (TPSA) is 32.3 Å². The average molecular weight is 341 g/mol. The van der Waals surface area contributed by atoms with Crippen molar-refractivity contribution >= 4 is 29.3 Å². The Bertz CT molecular complexity index is 458. The number of amides is 1. The van der Waals surface area contributed by atoms with Crippen molar-refractivity contribution in [2.75, 3.05) is 31.9 Å². The molecule has 5 heteroatoms. The molecule has 0 aromatic heterocycles. The second-order valence-electron chi connectivity index (χ2n) is 5.68. The van der Waals surface area contributed by atoms with E-state index in [2.05, 4.69) is 12.2 Å². The number of piperidine rings is 1. The Morgan fingerprint density at radius 3 is 2.64 bits per heavy atom. The molecule has 0 saturated carbocycles. The largest absolute Gasteiger partial charge is 0.343 e. The van der Waals surface area contributed by atoms with E-state index in [4.69, 9.17) is 11.6 Å². The molecule has 2 rings (SSSR count). The summed E-state index contributed by atoms with van der Waals surface area (Å²) in [5.74, 6) is 1.86. The molecule has 1 saturated heterocycles. The fourth-order valence-corrected chi connectivity index (χ4v) is 3.65. The number of nitrogens with zero attached hydrogens (tertiary/aromatic N) is 1. The van der Waals surface area contributed by atoms with Gasteiger partial charge in [0.1, 0.15) is 0 Å². The number of carbonyl (C=O) groups excluding carboxylic acids is 1. The van der Waals surface area contributed by atoms with Crippen LogP contribution in [0.15, 0.2) is 29.2 Å². The zero-order chi connectivity index (χ0) is 15.8. The maximum atomic E-state index is 12.2. The number of likely N-dealkylation sites (tertiary alicyclic amines) is 1. The number of thioether (sulfide) groups is 1. The van der Waals surface area contributed by atoms with Crippen LogP contribution in [0.2, 0.25) is 5.02 Å². The molecule has 0 radical (unpaired) electrons. The second-order valence-corrected chi connectivity index (χ2v) is 7.29. The van der Waals surface area contributed by atoms with Crippen LogP contribution in [0.1, 0.15) is 26.2 Å². The molecular formula is C17H25ClN2OS. The second kappa shape index (κ2) is 9.43. The van der Waals surface area contributed by atoms with Crippen LogP contribution in [0.5, 0.6) is 0 Å². The first-order valence-electron chi connectivity index (χ1n) is 8.06. The van der Waals surface area contributed by atoms with Gasteiger partial charge in [-0.1, -0.05) is 18.5 Å². The number of rotatable bonds is 7. The lowest BCUT2D eigenvalue weighted by molar-refractivity contribution is -0.132. The number of hydrogen-bond acceptors (Lipinski definition) is 3. The van der Waals surface area contributed by atoms with Crippen LogP contribution in [-0.2, 0) is 4.79 Å². The molecule has 0 aliphatic carbocycles. The first-order chi connectivity index (χ1) is 10.7. The lowest BCUT2D eigenvalue weighted by Gasteiger charge is -2.32. The summed E-state index contributed by atoms with van der Waals surface area (Å²) in [5, 5.41) is 4.15. The van der Waals surface area contributed by atoms with Gasteiger partial charge in [-0.05, 0) is 56.1 Å². The standard InChI is InChI=1S/C17H25ClN2OS/c1-2-19-13-14-7-10-20(11-8-14)17(21)9-12-22-16-5-3-15(18)4-6-16/h3-6,14,19H,2,7-13H2,1H3. The van der Waals surface area contributed by atoms with Crippen LogP contribution in [-0.4, -0.2) is 42.7 Å². The minimum atomic E-state index is 0.295. The highest BCUT2D eigenvalue weighted by molar-refractivity contribution is 7.99. The number of benzene rings is 1. The minimum absolute atomic E-state index is 0.295. The van der Waals surface area contributed by atoms with Crippen molar-refractivity contribution in [2.45, 2.75) is 31.1 Å². The lowest BCUT2D eigenvalue weighted by Crippen LogP contribution is -2.40. The molecule has 1 aromatic rings. The maximum Gasteiger partial charge on any atom is 0.223 e. The van der Waals surface area contributed by atoms with Crippen molar-refractivity contribution in [2.24, 2.45) is 5.92 Å². The van der Waals surface area contributed by atoms with E-state index in [9.17, 15) is 4.79 Å². The van der Waals surface area contributed by atoms with Crippen molar-refractivity contribution in [1.29, 1.82) is 0 Å². The Hall–Kier alpha value is -0.710. The van der Waals surface area contributed by atoms with Crippen molar-refractivity contribution in [1.82, 2.24) is 10.2 Å². The van der Waals surface area contributed by atoms with Gasteiger partial charge in [0.05, 0.1) is 0 Å². The van der Waals surface area contributed by atoms with E-state index in [0.717, 1.165) is 55.7 Å².